The number of imidazole rings is 1. The van der Waals surface area contributed by atoms with Crippen molar-refractivity contribution in [3.8, 4) is 11.8 Å². The number of carbonyl (C=O) groups is 1. The lowest BCUT2D eigenvalue weighted by atomic mass is 10.1. The summed E-state index contributed by atoms with van der Waals surface area (Å²) in [6.45, 7) is 4.02. The third-order valence-corrected chi connectivity index (χ3v) is 6.65. The first-order valence-corrected chi connectivity index (χ1v) is 12.4. The number of hydrogen-bond acceptors (Lipinski definition) is 4. The number of aryl methyl sites for hydroxylation is 2. The molecule has 0 aliphatic carbocycles. The highest BCUT2D eigenvalue weighted by molar-refractivity contribution is 5.93. The molecule has 1 amide bonds. The minimum absolute atomic E-state index is 0.247. The number of carbonyl (C=O) groups excluding carboxylic acids is 1. The fourth-order valence-electron chi connectivity index (χ4n) is 4.82. The molecule has 38 heavy (non-hydrogen) atoms. The lowest BCUT2D eigenvalue weighted by molar-refractivity contribution is 0.0936. The molecule has 0 saturated heterocycles. The Kier molecular flexibility index (Phi) is 5.97. The van der Waals surface area contributed by atoms with Gasteiger partial charge in [-0.05, 0) is 55.6 Å². The van der Waals surface area contributed by atoms with Crippen LogP contribution in [0.15, 0.2) is 67.1 Å². The molecule has 4 aromatic heterocycles. The van der Waals surface area contributed by atoms with Gasteiger partial charge in [-0.1, -0.05) is 30.0 Å². The van der Waals surface area contributed by atoms with E-state index in [-0.39, 0.29) is 24.6 Å². The van der Waals surface area contributed by atoms with Crippen LogP contribution in [0, 0.1) is 25.7 Å². The van der Waals surface area contributed by atoms with E-state index in [1.165, 1.54) is 0 Å². The Labute approximate surface area is 219 Å². The third kappa shape index (κ3) is 4.66. The zero-order valence-corrected chi connectivity index (χ0v) is 21.0. The van der Waals surface area contributed by atoms with Gasteiger partial charge in [0.15, 0.2) is 0 Å². The van der Waals surface area contributed by atoms with Gasteiger partial charge in [-0.2, -0.15) is 0 Å². The van der Waals surface area contributed by atoms with Crippen molar-refractivity contribution in [3.63, 3.8) is 0 Å². The average Bonchev–Trinajstić information content (AvgIpc) is 3.60. The molecule has 1 aromatic carbocycles. The van der Waals surface area contributed by atoms with E-state index in [0.717, 1.165) is 33.5 Å². The predicted octanol–water partition coefficient (Wildman–Crippen LogP) is 4.58. The Morgan fingerprint density at radius 3 is 2.74 bits per heavy atom. The highest BCUT2D eigenvalue weighted by atomic mass is 19.1. The molecular weight excluding hydrogens is 479 g/mol. The van der Waals surface area contributed by atoms with Crippen LogP contribution in [0.4, 0.5) is 4.39 Å². The first-order valence-electron chi connectivity index (χ1n) is 12.4. The van der Waals surface area contributed by atoms with E-state index in [1.54, 1.807) is 18.6 Å². The maximum absolute atomic E-state index is 14.2. The molecule has 8 heteroatoms. The second-order valence-electron chi connectivity index (χ2n) is 9.57. The summed E-state index contributed by atoms with van der Waals surface area (Å²) in [4.78, 5) is 30.3. The fourth-order valence-corrected chi connectivity index (χ4v) is 4.82. The molecule has 188 valence electrons. The molecule has 1 unspecified atom stereocenters. The number of alkyl halides is 1. The molecule has 2 atom stereocenters. The number of fused-ring (bicyclic) bond motifs is 2. The van der Waals surface area contributed by atoms with Crippen molar-refractivity contribution in [1.82, 2.24) is 29.8 Å². The van der Waals surface area contributed by atoms with Crippen molar-refractivity contribution in [3.05, 3.63) is 112 Å². The van der Waals surface area contributed by atoms with Gasteiger partial charge in [-0.15, -0.1) is 0 Å². The van der Waals surface area contributed by atoms with Crippen LogP contribution >= 0.6 is 0 Å². The van der Waals surface area contributed by atoms with E-state index < -0.39 is 12.2 Å². The number of benzene rings is 1. The lowest BCUT2D eigenvalue weighted by Crippen LogP contribution is -2.31. The fraction of sp³-hybridized carbons (Fsp3) is 0.200. The quantitative estimate of drug-likeness (QED) is 0.351. The lowest BCUT2D eigenvalue weighted by Gasteiger charge is -2.17. The van der Waals surface area contributed by atoms with Crippen LogP contribution in [-0.2, 0) is 13.0 Å². The Balaban J connectivity index is 1.34. The van der Waals surface area contributed by atoms with E-state index in [1.807, 2.05) is 66.9 Å². The molecule has 0 radical (unpaired) electrons. The number of H-pyrrole nitrogens is 1. The van der Waals surface area contributed by atoms with Crippen LogP contribution in [0.5, 0.6) is 0 Å². The molecule has 0 saturated carbocycles. The van der Waals surface area contributed by atoms with E-state index in [4.69, 9.17) is 0 Å². The van der Waals surface area contributed by atoms with Gasteiger partial charge in [0.1, 0.15) is 17.9 Å². The highest BCUT2D eigenvalue weighted by Crippen LogP contribution is 2.30. The van der Waals surface area contributed by atoms with Gasteiger partial charge in [0.2, 0.25) is 0 Å². The molecular formula is C30H25FN6O. The van der Waals surface area contributed by atoms with E-state index >= 15 is 0 Å². The van der Waals surface area contributed by atoms with Gasteiger partial charge in [-0.3, -0.25) is 9.78 Å². The van der Waals surface area contributed by atoms with Crippen LogP contribution in [0.3, 0.4) is 0 Å². The first kappa shape index (κ1) is 23.6. The molecule has 7 nitrogen and oxygen atoms in total. The van der Waals surface area contributed by atoms with Crippen molar-refractivity contribution in [1.29, 1.82) is 0 Å². The Morgan fingerprint density at radius 2 is 1.92 bits per heavy atom. The van der Waals surface area contributed by atoms with Crippen LogP contribution in [-0.4, -0.2) is 36.6 Å². The number of para-hydroxylation sites is 1. The zero-order valence-electron chi connectivity index (χ0n) is 21.0. The average molecular weight is 505 g/mol. The minimum Gasteiger partial charge on any atom is -0.356 e. The molecule has 6 rings (SSSR count). The molecule has 0 bridgehead atoms. The Morgan fingerprint density at radius 1 is 1.08 bits per heavy atom. The maximum Gasteiger partial charge on any atom is 0.270 e. The summed E-state index contributed by atoms with van der Waals surface area (Å²) in [6, 6.07) is 16.6. The molecule has 1 aliphatic heterocycles. The first-order chi connectivity index (χ1) is 18.4. The van der Waals surface area contributed by atoms with E-state index in [9.17, 15) is 9.18 Å². The number of rotatable bonds is 4. The Hall–Kier alpha value is -4.77. The summed E-state index contributed by atoms with van der Waals surface area (Å²) < 4.78 is 16.0. The summed E-state index contributed by atoms with van der Waals surface area (Å²) in [5.41, 5.74) is 6.43. The van der Waals surface area contributed by atoms with Crippen LogP contribution in [0.1, 0.15) is 56.1 Å². The van der Waals surface area contributed by atoms with Gasteiger partial charge in [-0.25, -0.2) is 14.4 Å². The SMILES string of the molecule is Cc1ccc(C#Cc2cc(C)nc(C(=O)NC(c3cc4ccccc4[nH]3)c3ncn4c3C[C@@H](F)C4)c2)cn1. The maximum atomic E-state index is 14.2. The van der Waals surface area contributed by atoms with Crippen LogP contribution < -0.4 is 5.32 Å². The molecule has 2 N–H and O–H groups in total. The van der Waals surface area contributed by atoms with Crippen molar-refractivity contribution in [2.45, 2.75) is 39.0 Å². The predicted molar refractivity (Wildman–Crippen MR) is 142 cm³/mol. The van der Waals surface area contributed by atoms with E-state index in [2.05, 4.69) is 37.1 Å². The number of aromatic nitrogens is 5. The molecule has 5 heterocycles. The summed E-state index contributed by atoms with van der Waals surface area (Å²) in [5, 5.41) is 4.11. The summed E-state index contributed by atoms with van der Waals surface area (Å²) in [7, 11) is 0. The Bertz CT molecular complexity index is 1690. The summed E-state index contributed by atoms with van der Waals surface area (Å²) in [6.07, 6.45) is 2.66. The van der Waals surface area contributed by atoms with Crippen molar-refractivity contribution >= 4 is 16.8 Å². The van der Waals surface area contributed by atoms with Gasteiger partial charge in [0, 0.05) is 52.0 Å². The number of nitrogens with one attached hydrogen (secondary N) is 2. The van der Waals surface area contributed by atoms with Crippen molar-refractivity contribution in [2.24, 2.45) is 0 Å². The van der Waals surface area contributed by atoms with Crippen molar-refractivity contribution in [2.75, 3.05) is 0 Å². The highest BCUT2D eigenvalue weighted by Gasteiger charge is 2.31. The zero-order chi connectivity index (χ0) is 26.2. The second-order valence-corrected chi connectivity index (χ2v) is 9.57. The van der Waals surface area contributed by atoms with Gasteiger partial charge < -0.3 is 14.9 Å². The van der Waals surface area contributed by atoms with E-state index in [0.29, 0.717) is 17.0 Å². The molecule has 0 spiro atoms. The number of amides is 1. The number of halogens is 1. The smallest absolute Gasteiger partial charge is 0.270 e. The number of nitrogens with zero attached hydrogens (tertiary/aromatic N) is 4. The van der Waals surface area contributed by atoms with Crippen molar-refractivity contribution < 1.29 is 9.18 Å². The summed E-state index contributed by atoms with van der Waals surface area (Å²) >= 11 is 0. The molecule has 5 aromatic rings. The number of aromatic amines is 1. The monoisotopic (exact) mass is 504 g/mol. The largest absolute Gasteiger partial charge is 0.356 e. The molecule has 1 aliphatic rings. The van der Waals surface area contributed by atoms with Gasteiger partial charge >= 0.3 is 0 Å². The third-order valence-electron chi connectivity index (χ3n) is 6.65. The van der Waals surface area contributed by atoms with Crippen LogP contribution in [0.2, 0.25) is 0 Å². The standard InChI is InChI=1S/C30H25FN6O/c1-18-7-8-20(15-32-18)9-10-21-11-19(2)34-26(12-21)30(38)36-28(25-13-22-5-3-4-6-24(22)35-25)29-27-14-23(31)16-37(27)17-33-29/h3-8,11-13,15,17,23,28,35H,14,16H2,1-2H3,(H,36,38)/t23-,28?/m1/s1. The van der Waals surface area contributed by atoms with Gasteiger partial charge in [0.25, 0.3) is 5.91 Å². The second kappa shape index (κ2) is 9.60. The summed E-state index contributed by atoms with van der Waals surface area (Å²) in [5.74, 6) is 5.84. The van der Waals surface area contributed by atoms with Gasteiger partial charge in [0.05, 0.1) is 18.6 Å². The topological polar surface area (TPSA) is 88.5 Å². The number of pyridine rings is 2. The molecule has 0 fully saturated rings. The normalized spacial score (nSPS) is 15.1. The van der Waals surface area contributed by atoms with Crippen LogP contribution in [0.25, 0.3) is 10.9 Å². The minimum atomic E-state index is -0.964. The number of hydrogen-bond donors (Lipinski definition) is 2.